The first-order valence-corrected chi connectivity index (χ1v) is 6.81. The number of nitrogens with zero attached hydrogens (tertiary/aromatic N) is 2. The van der Waals surface area contributed by atoms with Crippen LogP contribution in [0.15, 0.2) is 11.4 Å². The fourth-order valence-electron chi connectivity index (χ4n) is 1.91. The molecule has 0 aliphatic heterocycles. The Morgan fingerprint density at radius 1 is 1.40 bits per heavy atom. The van der Waals surface area contributed by atoms with Crippen LogP contribution in [0.3, 0.4) is 0 Å². The molecule has 0 saturated heterocycles. The summed E-state index contributed by atoms with van der Waals surface area (Å²) in [5, 5.41) is 8.74. The van der Waals surface area contributed by atoms with Crippen molar-refractivity contribution in [1.29, 1.82) is 0 Å². The van der Waals surface area contributed by atoms with Crippen LogP contribution in [0.1, 0.15) is 31.4 Å². The zero-order valence-corrected chi connectivity index (χ0v) is 12.5. The Kier molecular flexibility index (Phi) is 3.89. The van der Waals surface area contributed by atoms with E-state index in [2.05, 4.69) is 10.4 Å². The van der Waals surface area contributed by atoms with Crippen LogP contribution in [0.4, 0.5) is 5.69 Å². The van der Waals surface area contributed by atoms with E-state index in [0.717, 1.165) is 5.56 Å². The van der Waals surface area contributed by atoms with Gasteiger partial charge in [0.15, 0.2) is 5.69 Å². The highest BCUT2D eigenvalue weighted by molar-refractivity contribution is 7.12. The number of hydrogen-bond acceptors (Lipinski definition) is 5. The second-order valence-corrected chi connectivity index (χ2v) is 5.23. The minimum Gasteiger partial charge on any atom is -0.464 e. The van der Waals surface area contributed by atoms with Gasteiger partial charge in [-0.25, -0.2) is 4.79 Å². The second kappa shape index (κ2) is 5.46. The SMILES string of the molecule is COC(=O)c1c(NC(=O)c2sccc2C)c(C)nn1C. The number of rotatable bonds is 3. The van der Waals surface area contributed by atoms with E-state index in [1.165, 1.54) is 23.1 Å². The number of carbonyl (C=O) groups excluding carboxylic acids is 2. The minimum atomic E-state index is -0.536. The van der Waals surface area contributed by atoms with Crippen LogP contribution >= 0.6 is 11.3 Å². The highest BCUT2D eigenvalue weighted by atomic mass is 32.1. The van der Waals surface area contributed by atoms with Crippen LogP contribution < -0.4 is 5.32 Å². The van der Waals surface area contributed by atoms with Gasteiger partial charge in [-0.15, -0.1) is 11.3 Å². The quantitative estimate of drug-likeness (QED) is 0.880. The minimum absolute atomic E-state index is 0.229. The van der Waals surface area contributed by atoms with Crippen molar-refractivity contribution in [2.45, 2.75) is 13.8 Å². The van der Waals surface area contributed by atoms with Crippen LogP contribution in [0.5, 0.6) is 0 Å². The number of esters is 1. The molecular weight excluding hydrogens is 278 g/mol. The number of nitrogens with one attached hydrogen (secondary N) is 1. The zero-order chi connectivity index (χ0) is 14.9. The molecule has 106 valence electrons. The lowest BCUT2D eigenvalue weighted by Crippen LogP contribution is -2.16. The molecule has 2 aromatic rings. The number of ether oxygens (including phenoxy) is 1. The largest absolute Gasteiger partial charge is 0.464 e. The van der Waals surface area contributed by atoms with E-state index in [-0.39, 0.29) is 11.6 Å². The topological polar surface area (TPSA) is 73.2 Å². The van der Waals surface area contributed by atoms with Crippen LogP contribution in [0, 0.1) is 13.8 Å². The molecule has 0 saturated carbocycles. The first-order valence-electron chi connectivity index (χ1n) is 5.93. The van der Waals surface area contributed by atoms with E-state index in [4.69, 9.17) is 4.74 Å². The van der Waals surface area contributed by atoms with E-state index >= 15 is 0 Å². The van der Waals surface area contributed by atoms with Gasteiger partial charge in [0.2, 0.25) is 0 Å². The Labute approximate surface area is 120 Å². The average molecular weight is 293 g/mol. The Morgan fingerprint density at radius 2 is 2.10 bits per heavy atom. The van der Waals surface area contributed by atoms with E-state index in [9.17, 15) is 9.59 Å². The Bertz CT molecular complexity index is 672. The van der Waals surface area contributed by atoms with Gasteiger partial charge in [-0.1, -0.05) is 0 Å². The van der Waals surface area contributed by atoms with Crippen molar-refractivity contribution in [2.75, 3.05) is 12.4 Å². The Morgan fingerprint density at radius 3 is 2.65 bits per heavy atom. The lowest BCUT2D eigenvalue weighted by molar-refractivity contribution is 0.0589. The normalized spacial score (nSPS) is 10.4. The lowest BCUT2D eigenvalue weighted by atomic mass is 10.2. The van der Waals surface area contributed by atoms with E-state index in [0.29, 0.717) is 16.3 Å². The van der Waals surface area contributed by atoms with Crippen molar-refractivity contribution in [2.24, 2.45) is 7.05 Å². The highest BCUT2D eigenvalue weighted by Gasteiger charge is 2.23. The molecule has 1 amide bonds. The van der Waals surface area contributed by atoms with Crippen molar-refractivity contribution in [1.82, 2.24) is 9.78 Å². The first kappa shape index (κ1) is 14.3. The maximum atomic E-state index is 12.2. The number of aryl methyl sites for hydroxylation is 3. The van der Waals surface area contributed by atoms with Gasteiger partial charge in [-0.05, 0) is 30.9 Å². The van der Waals surface area contributed by atoms with Gasteiger partial charge in [-0.3, -0.25) is 9.48 Å². The zero-order valence-electron chi connectivity index (χ0n) is 11.7. The molecule has 20 heavy (non-hydrogen) atoms. The molecule has 1 N–H and O–H groups in total. The molecule has 6 nitrogen and oxygen atoms in total. The van der Waals surface area contributed by atoms with Gasteiger partial charge in [0.1, 0.15) is 0 Å². The molecule has 0 bridgehead atoms. The van der Waals surface area contributed by atoms with Crippen LogP contribution in [-0.2, 0) is 11.8 Å². The lowest BCUT2D eigenvalue weighted by Gasteiger charge is -2.06. The van der Waals surface area contributed by atoms with Crippen LogP contribution in [0.25, 0.3) is 0 Å². The summed E-state index contributed by atoms with van der Waals surface area (Å²) < 4.78 is 6.12. The van der Waals surface area contributed by atoms with Crippen molar-refractivity contribution < 1.29 is 14.3 Å². The summed E-state index contributed by atoms with van der Waals surface area (Å²) in [5.74, 6) is -0.787. The summed E-state index contributed by atoms with van der Waals surface area (Å²) in [5.41, 5.74) is 2.08. The van der Waals surface area contributed by atoms with Gasteiger partial charge < -0.3 is 10.1 Å². The first-order chi connectivity index (χ1) is 9.45. The molecule has 2 heterocycles. The third-order valence-corrected chi connectivity index (χ3v) is 3.92. The molecule has 0 aliphatic rings. The number of carbonyl (C=O) groups is 2. The van der Waals surface area contributed by atoms with Gasteiger partial charge in [0.25, 0.3) is 5.91 Å². The summed E-state index contributed by atoms with van der Waals surface area (Å²) in [6, 6.07) is 1.87. The van der Waals surface area contributed by atoms with Gasteiger partial charge in [-0.2, -0.15) is 5.10 Å². The van der Waals surface area contributed by atoms with Crippen LogP contribution in [-0.4, -0.2) is 28.8 Å². The summed E-state index contributed by atoms with van der Waals surface area (Å²) in [6.45, 7) is 3.59. The number of amides is 1. The smallest absolute Gasteiger partial charge is 0.358 e. The molecule has 0 spiro atoms. The van der Waals surface area contributed by atoms with Crippen molar-refractivity contribution in [3.8, 4) is 0 Å². The number of anilines is 1. The molecule has 0 aromatic carbocycles. The predicted octanol–water partition coefficient (Wildman–Crippen LogP) is 2.14. The van der Waals surface area contributed by atoms with Gasteiger partial charge >= 0.3 is 5.97 Å². The molecule has 0 fully saturated rings. The fourth-order valence-corrected chi connectivity index (χ4v) is 2.73. The van der Waals surface area contributed by atoms with Crippen LogP contribution in [0.2, 0.25) is 0 Å². The molecular formula is C13H15N3O3S. The average Bonchev–Trinajstić information content (AvgIpc) is 2.93. The summed E-state index contributed by atoms with van der Waals surface area (Å²) in [7, 11) is 2.92. The molecule has 0 unspecified atom stereocenters. The van der Waals surface area contributed by atoms with Gasteiger partial charge in [0.05, 0.1) is 23.4 Å². The standard InChI is InChI=1S/C13H15N3O3S/c1-7-5-6-20-11(7)12(17)14-9-8(2)15-16(3)10(9)13(18)19-4/h5-6H,1-4H3,(H,14,17). The summed E-state index contributed by atoms with van der Waals surface area (Å²) in [6.07, 6.45) is 0. The fraction of sp³-hybridized carbons (Fsp3) is 0.308. The highest BCUT2D eigenvalue weighted by Crippen LogP contribution is 2.23. The Hall–Kier alpha value is -2.15. The van der Waals surface area contributed by atoms with E-state index in [1.54, 1.807) is 14.0 Å². The van der Waals surface area contributed by atoms with Crippen molar-refractivity contribution >= 4 is 28.9 Å². The number of thiophene rings is 1. The third kappa shape index (κ3) is 2.44. The maximum absolute atomic E-state index is 12.2. The molecule has 7 heteroatoms. The predicted molar refractivity (Wildman–Crippen MR) is 76.3 cm³/mol. The molecule has 2 rings (SSSR count). The summed E-state index contributed by atoms with van der Waals surface area (Å²) in [4.78, 5) is 24.6. The number of aromatic nitrogens is 2. The van der Waals surface area contributed by atoms with Gasteiger partial charge in [0, 0.05) is 7.05 Å². The number of hydrogen-bond donors (Lipinski definition) is 1. The monoisotopic (exact) mass is 293 g/mol. The summed E-state index contributed by atoms with van der Waals surface area (Å²) >= 11 is 1.35. The Balaban J connectivity index is 2.37. The van der Waals surface area contributed by atoms with E-state index < -0.39 is 5.97 Å². The number of methoxy groups -OCH3 is 1. The van der Waals surface area contributed by atoms with Crippen molar-refractivity contribution in [3.05, 3.63) is 33.3 Å². The van der Waals surface area contributed by atoms with E-state index in [1.807, 2.05) is 18.4 Å². The molecule has 0 aliphatic carbocycles. The third-order valence-electron chi connectivity index (χ3n) is 2.91. The molecule has 0 radical (unpaired) electrons. The molecule has 2 aromatic heterocycles. The van der Waals surface area contributed by atoms with Crippen molar-refractivity contribution in [3.63, 3.8) is 0 Å². The molecule has 0 atom stereocenters. The maximum Gasteiger partial charge on any atom is 0.358 e. The second-order valence-electron chi connectivity index (χ2n) is 4.31.